The molecule has 128 valence electrons. The number of rotatable bonds is 6. The summed E-state index contributed by atoms with van der Waals surface area (Å²) in [6, 6.07) is 19.2. The third-order valence-electron chi connectivity index (χ3n) is 4.97. The minimum atomic E-state index is -1.39. The van der Waals surface area contributed by atoms with Crippen molar-refractivity contribution >= 4 is 13.3 Å². The van der Waals surface area contributed by atoms with E-state index in [9.17, 15) is 0 Å². The fourth-order valence-corrected chi connectivity index (χ4v) is 5.69. The molecule has 1 aliphatic rings. The van der Waals surface area contributed by atoms with E-state index in [4.69, 9.17) is 9.47 Å². The second-order valence-electron chi connectivity index (χ2n) is 7.42. The molecule has 1 aliphatic heterocycles. The first-order valence-corrected chi connectivity index (χ1v) is 12.1. The van der Waals surface area contributed by atoms with E-state index in [0.717, 1.165) is 5.56 Å². The van der Waals surface area contributed by atoms with Crippen LogP contribution in [0, 0.1) is 6.92 Å². The summed E-state index contributed by atoms with van der Waals surface area (Å²) in [5, 5.41) is 1.52. The van der Waals surface area contributed by atoms with Crippen molar-refractivity contribution in [2.24, 2.45) is 0 Å². The van der Waals surface area contributed by atoms with Gasteiger partial charge in [0, 0.05) is 5.56 Å². The van der Waals surface area contributed by atoms with Gasteiger partial charge < -0.3 is 9.47 Å². The molecular weight excluding hydrogens is 312 g/mol. The maximum absolute atomic E-state index is 5.58. The summed E-state index contributed by atoms with van der Waals surface area (Å²) in [4.78, 5) is 0. The molecule has 0 atom stereocenters. The lowest BCUT2D eigenvalue weighted by Gasteiger charge is -2.23. The van der Waals surface area contributed by atoms with E-state index in [1.54, 1.807) is 0 Å². The molecule has 0 radical (unpaired) electrons. The van der Waals surface area contributed by atoms with Crippen LogP contribution in [0.25, 0.3) is 0 Å². The third-order valence-corrected chi connectivity index (χ3v) is 8.47. The first-order valence-electron chi connectivity index (χ1n) is 8.94. The molecule has 0 bridgehead atoms. The largest absolute Gasteiger partial charge is 0.346 e. The number of benzene rings is 2. The van der Waals surface area contributed by atoms with Crippen molar-refractivity contribution in [3.8, 4) is 0 Å². The molecule has 0 saturated carbocycles. The zero-order valence-corrected chi connectivity index (χ0v) is 16.0. The molecule has 0 unspecified atom stereocenters. The molecule has 1 heterocycles. The molecule has 0 aliphatic carbocycles. The Morgan fingerprint density at radius 2 is 1.54 bits per heavy atom. The van der Waals surface area contributed by atoms with Gasteiger partial charge in [-0.2, -0.15) is 0 Å². The predicted octanol–water partition coefficient (Wildman–Crippen LogP) is 4.59. The van der Waals surface area contributed by atoms with Crippen molar-refractivity contribution < 1.29 is 9.47 Å². The fraction of sp³-hybridized carbons (Fsp3) is 0.429. The molecule has 2 nitrogen and oxygen atoms in total. The van der Waals surface area contributed by atoms with Gasteiger partial charge in [0.25, 0.3) is 0 Å². The Hall–Kier alpha value is -1.42. The average Bonchev–Trinajstić information content (AvgIpc) is 3.11. The standard InChI is InChI=1S/C21H28O2Si/c1-17-6-8-18(9-7-17)5-4-16-24(2,3)20-12-10-19(11-13-20)21-22-14-15-23-21/h6-13,21H,4-5,14-16H2,1-3H3. The highest BCUT2D eigenvalue weighted by Crippen LogP contribution is 2.23. The van der Waals surface area contributed by atoms with Crippen LogP contribution in [0.3, 0.4) is 0 Å². The molecule has 2 aromatic rings. The third kappa shape index (κ3) is 4.35. The minimum Gasteiger partial charge on any atom is -0.346 e. The Labute approximate surface area is 146 Å². The van der Waals surface area contributed by atoms with Crippen molar-refractivity contribution in [2.45, 2.75) is 45.2 Å². The van der Waals surface area contributed by atoms with Crippen LogP contribution in [-0.2, 0) is 15.9 Å². The number of ether oxygens (including phenoxy) is 2. The highest BCUT2D eigenvalue weighted by molar-refractivity contribution is 6.89. The van der Waals surface area contributed by atoms with Crippen molar-refractivity contribution in [3.05, 3.63) is 65.2 Å². The van der Waals surface area contributed by atoms with Crippen LogP contribution in [0.4, 0.5) is 0 Å². The van der Waals surface area contributed by atoms with Gasteiger partial charge >= 0.3 is 0 Å². The molecule has 0 aromatic heterocycles. The highest BCUT2D eigenvalue weighted by atomic mass is 28.3. The first kappa shape index (κ1) is 17.4. The second kappa shape index (κ2) is 7.64. The Morgan fingerprint density at radius 3 is 2.17 bits per heavy atom. The van der Waals surface area contributed by atoms with Gasteiger partial charge in [0.15, 0.2) is 6.29 Å². The van der Waals surface area contributed by atoms with Crippen molar-refractivity contribution in [1.82, 2.24) is 0 Å². The normalized spacial score (nSPS) is 15.8. The van der Waals surface area contributed by atoms with Gasteiger partial charge in [-0.15, -0.1) is 0 Å². The summed E-state index contributed by atoms with van der Waals surface area (Å²) in [5.74, 6) is 0. The lowest BCUT2D eigenvalue weighted by molar-refractivity contribution is -0.0441. The molecule has 24 heavy (non-hydrogen) atoms. The van der Waals surface area contributed by atoms with Crippen molar-refractivity contribution in [3.63, 3.8) is 0 Å². The molecule has 3 rings (SSSR count). The fourth-order valence-electron chi connectivity index (χ4n) is 3.28. The van der Waals surface area contributed by atoms with Crippen LogP contribution in [0.2, 0.25) is 19.1 Å². The number of hydrogen-bond acceptors (Lipinski definition) is 2. The van der Waals surface area contributed by atoms with Gasteiger partial charge in [-0.3, -0.25) is 0 Å². The monoisotopic (exact) mass is 340 g/mol. The molecular formula is C21H28O2Si. The Balaban J connectivity index is 1.56. The average molecular weight is 341 g/mol. The van der Waals surface area contributed by atoms with E-state index in [2.05, 4.69) is 68.5 Å². The van der Waals surface area contributed by atoms with Crippen LogP contribution in [0.15, 0.2) is 48.5 Å². The number of aryl methyl sites for hydroxylation is 2. The van der Waals surface area contributed by atoms with E-state index in [1.165, 1.54) is 35.2 Å². The lowest BCUT2D eigenvalue weighted by Crippen LogP contribution is -2.41. The minimum absolute atomic E-state index is 0.162. The van der Waals surface area contributed by atoms with Crippen LogP contribution in [0.5, 0.6) is 0 Å². The lowest BCUT2D eigenvalue weighted by atomic mass is 10.1. The van der Waals surface area contributed by atoms with E-state index in [1.807, 2.05) is 0 Å². The van der Waals surface area contributed by atoms with E-state index in [-0.39, 0.29) is 6.29 Å². The second-order valence-corrected chi connectivity index (χ2v) is 12.3. The smallest absolute Gasteiger partial charge is 0.184 e. The van der Waals surface area contributed by atoms with E-state index in [0.29, 0.717) is 13.2 Å². The van der Waals surface area contributed by atoms with Crippen LogP contribution >= 0.6 is 0 Å². The van der Waals surface area contributed by atoms with Crippen LogP contribution in [-0.4, -0.2) is 21.3 Å². The zero-order valence-electron chi connectivity index (χ0n) is 15.0. The highest BCUT2D eigenvalue weighted by Gasteiger charge is 2.24. The Morgan fingerprint density at radius 1 is 0.917 bits per heavy atom. The van der Waals surface area contributed by atoms with Gasteiger partial charge in [0.2, 0.25) is 0 Å². The SMILES string of the molecule is Cc1ccc(CCC[Si](C)(C)c2ccc(C3OCCO3)cc2)cc1. The summed E-state index contributed by atoms with van der Waals surface area (Å²) >= 11 is 0. The zero-order chi connectivity index (χ0) is 17.0. The van der Waals surface area contributed by atoms with Gasteiger partial charge in [0.05, 0.1) is 21.3 Å². The van der Waals surface area contributed by atoms with Gasteiger partial charge in [-0.1, -0.05) is 84.8 Å². The summed E-state index contributed by atoms with van der Waals surface area (Å²) in [5.41, 5.74) is 3.93. The van der Waals surface area contributed by atoms with Gasteiger partial charge in [-0.05, 0) is 18.9 Å². The molecule has 0 amide bonds. The predicted molar refractivity (Wildman–Crippen MR) is 103 cm³/mol. The Bertz CT molecular complexity index is 641. The van der Waals surface area contributed by atoms with Gasteiger partial charge in [-0.25, -0.2) is 0 Å². The molecule has 2 aromatic carbocycles. The van der Waals surface area contributed by atoms with E-state index >= 15 is 0 Å². The molecule has 1 saturated heterocycles. The Kier molecular flexibility index (Phi) is 5.54. The van der Waals surface area contributed by atoms with Gasteiger partial charge in [0.1, 0.15) is 0 Å². The van der Waals surface area contributed by atoms with Crippen LogP contribution < -0.4 is 5.19 Å². The summed E-state index contributed by atoms with van der Waals surface area (Å²) < 4.78 is 11.2. The maximum Gasteiger partial charge on any atom is 0.184 e. The summed E-state index contributed by atoms with van der Waals surface area (Å²) in [6.45, 7) is 8.49. The molecule has 0 N–H and O–H groups in total. The first-order chi connectivity index (χ1) is 11.5. The number of hydrogen-bond donors (Lipinski definition) is 0. The maximum atomic E-state index is 5.58. The molecule has 1 fully saturated rings. The van der Waals surface area contributed by atoms with Crippen molar-refractivity contribution in [2.75, 3.05) is 13.2 Å². The van der Waals surface area contributed by atoms with Crippen LogP contribution in [0.1, 0.15) is 29.4 Å². The quantitative estimate of drug-likeness (QED) is 0.716. The molecule has 0 spiro atoms. The summed E-state index contributed by atoms with van der Waals surface area (Å²) in [6.07, 6.45) is 2.28. The molecule has 3 heteroatoms. The summed E-state index contributed by atoms with van der Waals surface area (Å²) in [7, 11) is -1.39. The van der Waals surface area contributed by atoms with Crippen molar-refractivity contribution in [1.29, 1.82) is 0 Å². The van der Waals surface area contributed by atoms with E-state index < -0.39 is 8.07 Å². The topological polar surface area (TPSA) is 18.5 Å².